The predicted molar refractivity (Wildman–Crippen MR) is 121 cm³/mol. The van der Waals surface area contributed by atoms with Crippen LogP contribution in [0.15, 0.2) is 48.9 Å². The van der Waals surface area contributed by atoms with Crippen molar-refractivity contribution < 1.29 is 21.9 Å². The van der Waals surface area contributed by atoms with Gasteiger partial charge in [-0.25, -0.2) is 32.2 Å². The minimum atomic E-state index is -3.70. The lowest BCUT2D eigenvalue weighted by molar-refractivity contribution is 0.266. The van der Waals surface area contributed by atoms with Crippen molar-refractivity contribution in [2.75, 3.05) is 12.4 Å². The van der Waals surface area contributed by atoms with Crippen molar-refractivity contribution >= 4 is 21.4 Å². The van der Waals surface area contributed by atoms with E-state index in [9.17, 15) is 17.2 Å². The fourth-order valence-electron chi connectivity index (χ4n) is 3.83. The van der Waals surface area contributed by atoms with Gasteiger partial charge < -0.3 is 4.74 Å². The molecule has 0 fully saturated rings. The van der Waals surface area contributed by atoms with Gasteiger partial charge in [0.25, 0.3) is 0 Å². The highest BCUT2D eigenvalue weighted by Crippen LogP contribution is 2.36. The number of pyridine rings is 1. The lowest BCUT2D eigenvalue weighted by atomic mass is 10.1. The molecule has 9 nitrogen and oxygen atoms in total. The monoisotopic (exact) mass is 518 g/mol. The summed E-state index contributed by atoms with van der Waals surface area (Å²) in [5, 5.41) is 8.65. The average molecular weight is 519 g/mol. The van der Waals surface area contributed by atoms with E-state index in [1.54, 1.807) is 12.1 Å². The summed E-state index contributed by atoms with van der Waals surface area (Å²) in [4.78, 5) is 12.2. The van der Waals surface area contributed by atoms with Crippen LogP contribution < -0.4 is 4.74 Å². The van der Waals surface area contributed by atoms with Crippen LogP contribution in [0.2, 0.25) is 5.02 Å². The van der Waals surface area contributed by atoms with E-state index in [1.165, 1.54) is 29.2 Å². The highest BCUT2D eigenvalue weighted by molar-refractivity contribution is 7.90. The van der Waals surface area contributed by atoms with Crippen LogP contribution in [0.3, 0.4) is 0 Å². The van der Waals surface area contributed by atoms with Crippen molar-refractivity contribution in [3.05, 3.63) is 82.8 Å². The van der Waals surface area contributed by atoms with Crippen LogP contribution >= 0.6 is 11.6 Å². The number of aromatic nitrogens is 6. The Labute approximate surface area is 203 Å². The second-order valence-corrected chi connectivity index (χ2v) is 10.4. The predicted octanol–water partition coefficient (Wildman–Crippen LogP) is 3.20. The zero-order valence-corrected chi connectivity index (χ0v) is 19.5. The second-order valence-electron chi connectivity index (χ2n) is 7.82. The Morgan fingerprint density at radius 3 is 2.69 bits per heavy atom. The zero-order chi connectivity index (χ0) is 24.6. The summed E-state index contributed by atoms with van der Waals surface area (Å²) in [6.45, 7) is -0.0940. The maximum absolute atomic E-state index is 14.8. The van der Waals surface area contributed by atoms with Crippen LogP contribution in [0.5, 0.6) is 5.88 Å². The molecule has 4 heterocycles. The lowest BCUT2D eigenvalue weighted by Gasteiger charge is -2.20. The van der Waals surface area contributed by atoms with Crippen LogP contribution in [-0.2, 0) is 22.0 Å². The summed E-state index contributed by atoms with van der Waals surface area (Å²) in [5.41, 5.74) is 0.580. The minimum Gasteiger partial charge on any atom is -0.475 e. The minimum absolute atomic E-state index is 0.0758. The fraction of sp³-hybridized carbons (Fsp3) is 0.227. The van der Waals surface area contributed by atoms with Crippen LogP contribution in [0.25, 0.3) is 11.4 Å². The van der Waals surface area contributed by atoms with Crippen LogP contribution in [0.4, 0.5) is 8.78 Å². The van der Waals surface area contributed by atoms with Crippen molar-refractivity contribution in [2.24, 2.45) is 0 Å². The van der Waals surface area contributed by atoms with E-state index in [2.05, 4.69) is 25.1 Å². The number of sulfone groups is 1. The summed E-state index contributed by atoms with van der Waals surface area (Å²) in [7, 11) is -3.70. The molecule has 0 bridgehead atoms. The number of ether oxygens (including phenoxy) is 1. The Balaban J connectivity index is 1.52. The van der Waals surface area contributed by atoms with E-state index in [0.29, 0.717) is 16.4 Å². The third-order valence-corrected chi connectivity index (χ3v) is 7.17. The van der Waals surface area contributed by atoms with Gasteiger partial charge in [-0.3, -0.25) is 4.57 Å². The average Bonchev–Trinajstić information content (AvgIpc) is 3.14. The fourth-order valence-corrected chi connectivity index (χ4v) is 5.15. The van der Waals surface area contributed by atoms with Crippen molar-refractivity contribution in [2.45, 2.75) is 18.2 Å². The first-order chi connectivity index (χ1) is 16.8. The van der Waals surface area contributed by atoms with Crippen molar-refractivity contribution in [3.8, 4) is 17.3 Å². The Bertz CT molecular complexity index is 1500. The molecule has 0 radical (unpaired) electrons. The molecule has 0 unspecified atom stereocenters. The highest BCUT2D eigenvalue weighted by Gasteiger charge is 2.32. The number of fused-ring (bicyclic) bond motifs is 3. The standard InChI is InChI=1S/C22H17ClF2N6O3S/c23-13-9-27-19(28-10-13)5-7-35(32,33)12-20-29-30-21-16-2-1-6-26-22(16)34-11-18(31(20)21)15-4-3-14(24)8-17(15)25/h1-4,6,8-10,18H,5,7,11-12H2/t18-/m1/s1. The largest absolute Gasteiger partial charge is 0.475 e. The molecule has 0 saturated heterocycles. The third-order valence-electron chi connectivity index (χ3n) is 5.45. The molecule has 0 aliphatic carbocycles. The summed E-state index contributed by atoms with van der Waals surface area (Å²) in [6, 6.07) is 5.69. The Morgan fingerprint density at radius 1 is 1.11 bits per heavy atom. The molecule has 1 aliphatic heterocycles. The summed E-state index contributed by atoms with van der Waals surface area (Å²) < 4.78 is 61.7. The van der Waals surface area contributed by atoms with Gasteiger partial charge in [0.15, 0.2) is 15.7 Å². The molecule has 5 rings (SSSR count). The van der Waals surface area contributed by atoms with Crippen molar-refractivity contribution in [1.29, 1.82) is 0 Å². The molecule has 0 saturated carbocycles. The topological polar surface area (TPSA) is 113 Å². The van der Waals surface area contributed by atoms with Crippen molar-refractivity contribution in [1.82, 2.24) is 29.7 Å². The molecule has 180 valence electrons. The molecule has 1 aliphatic rings. The van der Waals surface area contributed by atoms with E-state index in [0.717, 1.165) is 12.1 Å². The molecule has 0 N–H and O–H groups in total. The van der Waals surface area contributed by atoms with Gasteiger partial charge in [0.2, 0.25) is 5.88 Å². The molecule has 1 atom stereocenters. The van der Waals surface area contributed by atoms with Gasteiger partial charge in [0.05, 0.1) is 22.4 Å². The van der Waals surface area contributed by atoms with E-state index >= 15 is 0 Å². The van der Waals surface area contributed by atoms with Crippen LogP contribution in [0.1, 0.15) is 23.3 Å². The quantitative estimate of drug-likeness (QED) is 0.382. The molecule has 13 heteroatoms. The normalized spacial score (nSPS) is 15.1. The van der Waals surface area contributed by atoms with Gasteiger partial charge in [-0.2, -0.15) is 0 Å². The summed E-state index contributed by atoms with van der Waals surface area (Å²) >= 11 is 5.77. The van der Waals surface area contributed by atoms with E-state index in [1.807, 2.05) is 0 Å². The highest BCUT2D eigenvalue weighted by atomic mass is 35.5. The van der Waals surface area contributed by atoms with Gasteiger partial charge in [-0.15, -0.1) is 10.2 Å². The number of aryl methyl sites for hydroxylation is 1. The first-order valence-corrected chi connectivity index (χ1v) is 12.6. The molecule has 0 amide bonds. The molecule has 0 spiro atoms. The van der Waals surface area contributed by atoms with E-state index in [4.69, 9.17) is 16.3 Å². The van der Waals surface area contributed by atoms with Gasteiger partial charge in [0.1, 0.15) is 35.6 Å². The number of halogens is 3. The molecular weight excluding hydrogens is 502 g/mol. The lowest BCUT2D eigenvalue weighted by Crippen LogP contribution is -2.23. The maximum atomic E-state index is 14.8. The molecule has 3 aromatic heterocycles. The van der Waals surface area contributed by atoms with Gasteiger partial charge >= 0.3 is 0 Å². The zero-order valence-electron chi connectivity index (χ0n) is 18.0. The summed E-state index contributed by atoms with van der Waals surface area (Å²) in [5.74, 6) is -1.31. The number of rotatable bonds is 6. The Morgan fingerprint density at radius 2 is 1.91 bits per heavy atom. The number of hydrogen-bond acceptors (Lipinski definition) is 8. The SMILES string of the molecule is O=S(=O)(CCc1ncc(Cl)cn1)Cc1nnc2n1[C@@H](c1ccc(F)cc1F)COc1ncccc1-2. The summed E-state index contributed by atoms with van der Waals surface area (Å²) in [6.07, 6.45) is 4.39. The van der Waals surface area contributed by atoms with E-state index < -0.39 is 33.3 Å². The third kappa shape index (κ3) is 4.84. The van der Waals surface area contributed by atoms with Crippen molar-refractivity contribution in [3.63, 3.8) is 0 Å². The first-order valence-electron chi connectivity index (χ1n) is 10.4. The smallest absolute Gasteiger partial charge is 0.224 e. The number of hydrogen-bond donors (Lipinski definition) is 0. The number of nitrogens with zero attached hydrogens (tertiary/aromatic N) is 6. The van der Waals surface area contributed by atoms with Gasteiger partial charge in [-0.05, 0) is 18.2 Å². The van der Waals surface area contributed by atoms with Gasteiger partial charge in [-0.1, -0.05) is 17.7 Å². The molecular formula is C22H17ClF2N6O3S. The molecule has 1 aromatic carbocycles. The Kier molecular flexibility index (Phi) is 6.15. The number of benzene rings is 1. The Hall–Kier alpha value is -3.51. The van der Waals surface area contributed by atoms with Gasteiger partial charge in [0, 0.05) is 36.6 Å². The van der Waals surface area contributed by atoms with Crippen LogP contribution in [0, 0.1) is 11.6 Å². The maximum Gasteiger partial charge on any atom is 0.224 e. The second kappa shape index (κ2) is 9.27. The van der Waals surface area contributed by atoms with E-state index in [-0.39, 0.29) is 41.9 Å². The molecule has 4 aromatic rings. The first kappa shape index (κ1) is 23.2. The molecule has 35 heavy (non-hydrogen) atoms. The van der Waals surface area contributed by atoms with Crippen LogP contribution in [-0.4, -0.2) is 50.5 Å².